The van der Waals surface area contributed by atoms with Crippen LogP contribution in [-0.4, -0.2) is 75.9 Å². The number of aliphatic imine (C=N–C) groups is 1. The van der Waals surface area contributed by atoms with Gasteiger partial charge in [0.2, 0.25) is 5.82 Å². The molecule has 0 saturated carbocycles. The van der Waals surface area contributed by atoms with Crippen molar-refractivity contribution in [2.24, 2.45) is 4.99 Å². The summed E-state index contributed by atoms with van der Waals surface area (Å²) in [4.78, 5) is 13.5. The molecule has 1 aliphatic rings. The first-order valence-electron chi connectivity index (χ1n) is 9.76. The predicted molar refractivity (Wildman–Crippen MR) is 123 cm³/mol. The van der Waals surface area contributed by atoms with Gasteiger partial charge in [0, 0.05) is 58.8 Å². The quantitative estimate of drug-likeness (QED) is 0.285. The summed E-state index contributed by atoms with van der Waals surface area (Å²) >= 11 is 0. The maximum Gasteiger partial charge on any atom is 0.216 e. The number of aryl methyl sites for hydroxylation is 1. The number of hydrogen-bond donors (Lipinski definition) is 2. The Labute approximate surface area is 192 Å². The maximum atomic E-state index is 5.32. The van der Waals surface area contributed by atoms with E-state index in [9.17, 15) is 0 Å². The molecular weight excluding hydrogens is 499 g/mol. The molecule has 0 amide bonds. The van der Waals surface area contributed by atoms with Gasteiger partial charge in [-0.05, 0) is 19.1 Å². The number of nitrogens with one attached hydrogen (secondary N) is 2. The summed E-state index contributed by atoms with van der Waals surface area (Å²) in [6.07, 6.45) is 2.33. The van der Waals surface area contributed by atoms with Gasteiger partial charge in [0.1, 0.15) is 11.6 Å². The van der Waals surface area contributed by atoms with E-state index in [1.54, 1.807) is 6.26 Å². The van der Waals surface area contributed by atoms with Crippen LogP contribution >= 0.6 is 24.0 Å². The molecule has 0 aromatic carbocycles. The Balaban J connectivity index is 0.00000256. The zero-order valence-electron chi connectivity index (χ0n) is 17.2. The Bertz CT molecular complexity index is 928. The normalized spacial score (nSPS) is 15.3. The SMILES string of the molecule is CN=C(NCCc1nc(-c2ccco2)n[nH]1)N1CCN(Cc2cc(C)on2)CC1.I. The van der Waals surface area contributed by atoms with Crippen molar-refractivity contribution in [2.45, 2.75) is 19.9 Å². The fourth-order valence-electron chi connectivity index (χ4n) is 3.39. The highest BCUT2D eigenvalue weighted by Crippen LogP contribution is 2.14. The van der Waals surface area contributed by atoms with Crippen LogP contribution in [0.3, 0.4) is 0 Å². The molecule has 3 aromatic rings. The lowest BCUT2D eigenvalue weighted by atomic mass is 10.3. The van der Waals surface area contributed by atoms with E-state index >= 15 is 0 Å². The van der Waals surface area contributed by atoms with Crippen LogP contribution in [-0.2, 0) is 13.0 Å². The number of nitrogens with zero attached hydrogens (tertiary/aromatic N) is 6. The molecule has 30 heavy (non-hydrogen) atoms. The van der Waals surface area contributed by atoms with Crippen molar-refractivity contribution in [1.29, 1.82) is 0 Å². The molecule has 1 fully saturated rings. The first kappa shape index (κ1) is 22.3. The molecule has 3 aromatic heterocycles. The third-order valence-corrected chi connectivity index (χ3v) is 4.86. The van der Waals surface area contributed by atoms with Crippen molar-refractivity contribution >= 4 is 29.9 Å². The van der Waals surface area contributed by atoms with Crippen LogP contribution in [0.1, 0.15) is 17.3 Å². The highest BCUT2D eigenvalue weighted by molar-refractivity contribution is 14.0. The number of H-pyrrole nitrogens is 1. The van der Waals surface area contributed by atoms with Gasteiger partial charge in [0.25, 0.3) is 0 Å². The molecular formula is C19H27IN8O2. The number of hydrogen-bond acceptors (Lipinski definition) is 7. The van der Waals surface area contributed by atoms with E-state index in [0.717, 1.165) is 68.9 Å². The van der Waals surface area contributed by atoms with Crippen LogP contribution in [0.2, 0.25) is 0 Å². The molecule has 0 aliphatic carbocycles. The molecule has 1 aliphatic heterocycles. The summed E-state index contributed by atoms with van der Waals surface area (Å²) in [7, 11) is 1.82. The predicted octanol–water partition coefficient (Wildman–Crippen LogP) is 1.91. The molecule has 0 atom stereocenters. The molecule has 162 valence electrons. The van der Waals surface area contributed by atoms with Crippen LogP contribution in [0.4, 0.5) is 0 Å². The smallest absolute Gasteiger partial charge is 0.216 e. The molecule has 0 bridgehead atoms. The lowest BCUT2D eigenvalue weighted by molar-refractivity contribution is 0.169. The van der Waals surface area contributed by atoms with Crippen LogP contribution in [0.15, 0.2) is 38.4 Å². The van der Waals surface area contributed by atoms with Crippen LogP contribution in [0.5, 0.6) is 0 Å². The fraction of sp³-hybridized carbons (Fsp3) is 0.474. The zero-order valence-corrected chi connectivity index (χ0v) is 19.5. The highest BCUT2D eigenvalue weighted by atomic mass is 127. The van der Waals surface area contributed by atoms with Crippen molar-refractivity contribution < 1.29 is 8.94 Å². The highest BCUT2D eigenvalue weighted by Gasteiger charge is 2.20. The molecule has 0 radical (unpaired) electrons. The molecule has 4 heterocycles. The van der Waals surface area contributed by atoms with Gasteiger partial charge in [-0.3, -0.25) is 15.0 Å². The summed E-state index contributed by atoms with van der Waals surface area (Å²) in [6.45, 7) is 7.21. The number of aromatic nitrogens is 4. The van der Waals surface area contributed by atoms with Gasteiger partial charge in [-0.1, -0.05) is 5.16 Å². The lowest BCUT2D eigenvalue weighted by Crippen LogP contribution is -2.52. The van der Waals surface area contributed by atoms with E-state index in [1.165, 1.54) is 0 Å². The monoisotopic (exact) mass is 526 g/mol. The van der Waals surface area contributed by atoms with Crippen molar-refractivity contribution in [2.75, 3.05) is 39.8 Å². The number of aromatic amines is 1. The average Bonchev–Trinajstić information content (AvgIpc) is 3.48. The molecule has 0 spiro atoms. The van der Waals surface area contributed by atoms with E-state index in [2.05, 4.69) is 40.4 Å². The third kappa shape index (κ3) is 5.59. The Morgan fingerprint density at radius 2 is 2.13 bits per heavy atom. The van der Waals surface area contributed by atoms with Gasteiger partial charge in [-0.2, -0.15) is 5.10 Å². The number of rotatable bonds is 6. The van der Waals surface area contributed by atoms with Gasteiger partial charge in [-0.15, -0.1) is 24.0 Å². The fourth-order valence-corrected chi connectivity index (χ4v) is 3.39. The number of guanidine groups is 1. The van der Waals surface area contributed by atoms with Crippen LogP contribution in [0, 0.1) is 6.92 Å². The molecule has 0 unspecified atom stereocenters. The van der Waals surface area contributed by atoms with E-state index in [4.69, 9.17) is 8.94 Å². The molecule has 10 nitrogen and oxygen atoms in total. The molecule has 4 rings (SSSR count). The largest absolute Gasteiger partial charge is 0.461 e. The third-order valence-electron chi connectivity index (χ3n) is 4.86. The standard InChI is InChI=1S/C19H26N8O2.HI/c1-14-12-15(25-29-14)13-26-7-9-27(10-8-26)19(20-2)21-6-5-17-22-18(24-23-17)16-4-3-11-28-16;/h3-4,11-12H,5-10,13H2,1-2H3,(H,20,21)(H,22,23,24);1H. The summed E-state index contributed by atoms with van der Waals surface area (Å²) in [5, 5.41) is 14.7. The topological polar surface area (TPSA) is 112 Å². The lowest BCUT2D eigenvalue weighted by Gasteiger charge is -2.36. The summed E-state index contributed by atoms with van der Waals surface area (Å²) < 4.78 is 10.5. The van der Waals surface area contributed by atoms with Gasteiger partial charge in [0.15, 0.2) is 11.7 Å². The van der Waals surface area contributed by atoms with Gasteiger partial charge in [0.05, 0.1) is 12.0 Å². The Hall–Kier alpha value is -2.41. The zero-order chi connectivity index (χ0) is 20.1. The van der Waals surface area contributed by atoms with Gasteiger partial charge in [-0.25, -0.2) is 4.98 Å². The van der Waals surface area contributed by atoms with E-state index in [-0.39, 0.29) is 24.0 Å². The minimum absolute atomic E-state index is 0. The first-order chi connectivity index (χ1) is 14.2. The average molecular weight is 526 g/mol. The van der Waals surface area contributed by atoms with E-state index in [0.29, 0.717) is 11.6 Å². The van der Waals surface area contributed by atoms with E-state index in [1.807, 2.05) is 32.2 Å². The summed E-state index contributed by atoms with van der Waals surface area (Å²) in [6, 6.07) is 5.66. The van der Waals surface area contributed by atoms with Crippen molar-refractivity contribution in [1.82, 2.24) is 35.5 Å². The number of halogens is 1. The Morgan fingerprint density at radius 3 is 2.80 bits per heavy atom. The molecule has 2 N–H and O–H groups in total. The minimum Gasteiger partial charge on any atom is -0.461 e. The van der Waals surface area contributed by atoms with Crippen molar-refractivity contribution in [3.8, 4) is 11.6 Å². The Morgan fingerprint density at radius 1 is 1.30 bits per heavy atom. The maximum absolute atomic E-state index is 5.32. The summed E-state index contributed by atoms with van der Waals surface area (Å²) in [5.74, 6) is 3.81. The van der Waals surface area contributed by atoms with Gasteiger partial charge < -0.3 is 19.2 Å². The Kier molecular flexibility index (Phi) is 7.85. The van der Waals surface area contributed by atoms with Crippen molar-refractivity contribution in [3.05, 3.63) is 41.7 Å². The second-order valence-corrected chi connectivity index (χ2v) is 7.00. The second kappa shape index (κ2) is 10.6. The van der Waals surface area contributed by atoms with Crippen LogP contribution in [0.25, 0.3) is 11.6 Å². The number of piperazine rings is 1. The molecule has 11 heteroatoms. The summed E-state index contributed by atoms with van der Waals surface area (Å²) in [5.41, 5.74) is 0.986. The van der Waals surface area contributed by atoms with Crippen LogP contribution < -0.4 is 5.32 Å². The van der Waals surface area contributed by atoms with Gasteiger partial charge >= 0.3 is 0 Å². The minimum atomic E-state index is 0. The second-order valence-electron chi connectivity index (χ2n) is 7.00. The number of furan rings is 1. The van der Waals surface area contributed by atoms with E-state index < -0.39 is 0 Å². The molecule has 1 saturated heterocycles. The first-order valence-corrected chi connectivity index (χ1v) is 9.76. The van der Waals surface area contributed by atoms with Crippen molar-refractivity contribution in [3.63, 3.8) is 0 Å².